The van der Waals surface area contributed by atoms with E-state index in [1.165, 1.54) is 5.56 Å². The Kier molecular flexibility index (Phi) is 5.24. The molecule has 0 amide bonds. The summed E-state index contributed by atoms with van der Waals surface area (Å²) in [6.45, 7) is 5.09. The molecule has 1 aliphatic rings. The first kappa shape index (κ1) is 15.3. The van der Waals surface area contributed by atoms with E-state index < -0.39 is 0 Å². The Morgan fingerprint density at radius 3 is 2.95 bits per heavy atom. The fraction of sp³-hybridized carbons (Fsp3) is 0.500. The Morgan fingerprint density at radius 2 is 2.18 bits per heavy atom. The van der Waals surface area contributed by atoms with Crippen molar-refractivity contribution < 1.29 is 4.74 Å². The lowest BCUT2D eigenvalue weighted by Crippen LogP contribution is -2.33. The molecule has 1 aromatic heterocycles. The van der Waals surface area contributed by atoms with Crippen LogP contribution < -0.4 is 5.32 Å². The van der Waals surface area contributed by atoms with Crippen LogP contribution in [0.2, 0.25) is 0 Å². The molecule has 2 aromatic rings. The minimum atomic E-state index is 0.243. The van der Waals surface area contributed by atoms with Crippen LogP contribution in [0.15, 0.2) is 48.8 Å². The van der Waals surface area contributed by atoms with Gasteiger partial charge in [-0.2, -0.15) is 5.10 Å². The second-order valence-corrected chi connectivity index (χ2v) is 6.12. The molecule has 0 unspecified atom stereocenters. The van der Waals surface area contributed by atoms with Gasteiger partial charge in [-0.15, -0.1) is 0 Å². The Hall–Kier alpha value is -1.65. The fourth-order valence-electron chi connectivity index (χ4n) is 3.07. The van der Waals surface area contributed by atoms with Crippen molar-refractivity contribution in [2.45, 2.75) is 38.5 Å². The van der Waals surface area contributed by atoms with Crippen LogP contribution in [0.5, 0.6) is 0 Å². The number of hydrogen-bond donors (Lipinski definition) is 1. The molecular weight excluding hydrogens is 274 g/mol. The molecule has 118 valence electrons. The number of nitrogens with one attached hydrogen (secondary N) is 1. The van der Waals surface area contributed by atoms with Crippen LogP contribution in [0.4, 0.5) is 0 Å². The largest absolute Gasteiger partial charge is 0.373 e. The predicted molar refractivity (Wildman–Crippen MR) is 87.6 cm³/mol. The highest BCUT2D eigenvalue weighted by Gasteiger charge is 2.29. The molecular formula is C18H25N3O. The van der Waals surface area contributed by atoms with E-state index in [1.54, 1.807) is 0 Å². The molecule has 4 nitrogen and oxygen atoms in total. The maximum atomic E-state index is 5.95. The fourth-order valence-corrected chi connectivity index (χ4v) is 3.07. The highest BCUT2D eigenvalue weighted by atomic mass is 16.5. The Bertz CT molecular complexity index is 541. The quantitative estimate of drug-likeness (QED) is 0.854. The molecule has 1 saturated heterocycles. The number of aromatic nitrogens is 2. The van der Waals surface area contributed by atoms with Crippen molar-refractivity contribution >= 4 is 0 Å². The van der Waals surface area contributed by atoms with E-state index >= 15 is 0 Å². The molecule has 3 rings (SSSR count). The summed E-state index contributed by atoms with van der Waals surface area (Å²) >= 11 is 0. The summed E-state index contributed by atoms with van der Waals surface area (Å²) in [6.07, 6.45) is 6.32. The molecule has 2 heterocycles. The summed E-state index contributed by atoms with van der Waals surface area (Å²) < 4.78 is 7.94. The highest BCUT2D eigenvalue weighted by molar-refractivity contribution is 5.19. The first-order valence-electron chi connectivity index (χ1n) is 8.20. The van der Waals surface area contributed by atoms with Gasteiger partial charge in [-0.1, -0.05) is 30.3 Å². The van der Waals surface area contributed by atoms with E-state index in [4.69, 9.17) is 4.74 Å². The Labute approximate surface area is 132 Å². The van der Waals surface area contributed by atoms with Gasteiger partial charge in [-0.05, 0) is 31.4 Å². The SMILES string of the molecule is C[C@@H](CCn1cccn1)NC[C@H]1CCO[C@@H]1c1ccccc1. The predicted octanol–water partition coefficient (Wildman–Crippen LogP) is 3.03. The molecule has 3 atom stereocenters. The maximum absolute atomic E-state index is 5.95. The number of ether oxygens (including phenoxy) is 1. The molecule has 1 fully saturated rings. The summed E-state index contributed by atoms with van der Waals surface area (Å²) in [6, 6.07) is 13.0. The molecule has 1 aromatic carbocycles. The molecule has 0 bridgehead atoms. The zero-order valence-electron chi connectivity index (χ0n) is 13.2. The zero-order chi connectivity index (χ0) is 15.2. The molecule has 22 heavy (non-hydrogen) atoms. The van der Waals surface area contributed by atoms with Gasteiger partial charge in [-0.25, -0.2) is 0 Å². The molecule has 0 radical (unpaired) electrons. The van der Waals surface area contributed by atoms with Crippen LogP contribution in [0.1, 0.15) is 31.4 Å². The van der Waals surface area contributed by atoms with Crippen LogP contribution in [-0.2, 0) is 11.3 Å². The lowest BCUT2D eigenvalue weighted by molar-refractivity contribution is 0.0898. The smallest absolute Gasteiger partial charge is 0.0866 e. The van der Waals surface area contributed by atoms with Crippen molar-refractivity contribution in [3.63, 3.8) is 0 Å². The first-order valence-corrected chi connectivity index (χ1v) is 8.20. The van der Waals surface area contributed by atoms with Gasteiger partial charge in [0.05, 0.1) is 6.10 Å². The molecule has 4 heteroatoms. The van der Waals surface area contributed by atoms with Crippen molar-refractivity contribution in [2.24, 2.45) is 5.92 Å². The lowest BCUT2D eigenvalue weighted by Gasteiger charge is -2.22. The maximum Gasteiger partial charge on any atom is 0.0866 e. The van der Waals surface area contributed by atoms with Crippen LogP contribution in [-0.4, -0.2) is 29.0 Å². The topological polar surface area (TPSA) is 39.1 Å². The summed E-state index contributed by atoms with van der Waals surface area (Å²) in [4.78, 5) is 0. The van der Waals surface area contributed by atoms with E-state index in [0.717, 1.165) is 32.5 Å². The average Bonchev–Trinajstić information content (AvgIpc) is 3.23. The minimum absolute atomic E-state index is 0.243. The van der Waals surface area contributed by atoms with E-state index in [1.807, 2.05) is 23.1 Å². The first-order chi connectivity index (χ1) is 10.8. The Morgan fingerprint density at radius 1 is 1.32 bits per heavy atom. The van der Waals surface area contributed by atoms with Gasteiger partial charge in [0.1, 0.15) is 0 Å². The monoisotopic (exact) mass is 299 g/mol. The lowest BCUT2D eigenvalue weighted by atomic mass is 9.95. The molecule has 1 aliphatic heterocycles. The number of nitrogens with zero attached hydrogens (tertiary/aromatic N) is 2. The summed E-state index contributed by atoms with van der Waals surface area (Å²) in [5.41, 5.74) is 1.30. The molecule has 0 spiro atoms. The standard InChI is InChI=1S/C18H25N3O/c1-15(8-12-21-11-5-10-20-21)19-14-17-9-13-22-18(17)16-6-3-2-4-7-16/h2-7,10-11,15,17-19H,8-9,12-14H2,1H3/t15-,17+,18+/m0/s1. The average molecular weight is 299 g/mol. The zero-order valence-corrected chi connectivity index (χ0v) is 13.2. The van der Waals surface area contributed by atoms with E-state index in [0.29, 0.717) is 12.0 Å². The number of rotatable bonds is 7. The van der Waals surface area contributed by atoms with E-state index in [9.17, 15) is 0 Å². The second-order valence-electron chi connectivity index (χ2n) is 6.12. The summed E-state index contributed by atoms with van der Waals surface area (Å²) in [5, 5.41) is 7.91. The third-order valence-corrected chi connectivity index (χ3v) is 4.42. The third-order valence-electron chi connectivity index (χ3n) is 4.42. The summed E-state index contributed by atoms with van der Waals surface area (Å²) in [7, 11) is 0. The normalized spacial score (nSPS) is 22.8. The molecule has 0 aliphatic carbocycles. The van der Waals surface area contributed by atoms with Crippen LogP contribution in [0.25, 0.3) is 0 Å². The number of hydrogen-bond acceptors (Lipinski definition) is 3. The van der Waals surface area contributed by atoms with Gasteiger partial charge in [-0.3, -0.25) is 4.68 Å². The van der Waals surface area contributed by atoms with Crippen LogP contribution in [0.3, 0.4) is 0 Å². The van der Waals surface area contributed by atoms with Gasteiger partial charge in [0.25, 0.3) is 0 Å². The van der Waals surface area contributed by atoms with Crippen molar-refractivity contribution in [2.75, 3.05) is 13.2 Å². The van der Waals surface area contributed by atoms with Gasteiger partial charge < -0.3 is 10.1 Å². The van der Waals surface area contributed by atoms with Crippen molar-refractivity contribution in [3.8, 4) is 0 Å². The highest BCUT2D eigenvalue weighted by Crippen LogP contribution is 2.33. The van der Waals surface area contributed by atoms with Crippen LogP contribution in [0, 0.1) is 5.92 Å². The third kappa shape index (κ3) is 3.96. The molecule has 0 saturated carbocycles. The van der Waals surface area contributed by atoms with Gasteiger partial charge >= 0.3 is 0 Å². The second kappa shape index (κ2) is 7.56. The van der Waals surface area contributed by atoms with Crippen molar-refractivity contribution in [1.82, 2.24) is 15.1 Å². The Balaban J connectivity index is 1.46. The van der Waals surface area contributed by atoms with Gasteiger partial charge in [0, 0.05) is 44.0 Å². The molecule has 1 N–H and O–H groups in total. The minimum Gasteiger partial charge on any atom is -0.373 e. The van der Waals surface area contributed by atoms with Gasteiger partial charge in [0.2, 0.25) is 0 Å². The van der Waals surface area contributed by atoms with E-state index in [-0.39, 0.29) is 6.10 Å². The van der Waals surface area contributed by atoms with Crippen LogP contribution >= 0.6 is 0 Å². The van der Waals surface area contributed by atoms with Gasteiger partial charge in [0.15, 0.2) is 0 Å². The van der Waals surface area contributed by atoms with Crippen molar-refractivity contribution in [3.05, 3.63) is 54.4 Å². The summed E-state index contributed by atoms with van der Waals surface area (Å²) in [5.74, 6) is 0.564. The number of benzene rings is 1. The van der Waals surface area contributed by atoms with Crippen molar-refractivity contribution in [1.29, 1.82) is 0 Å². The van der Waals surface area contributed by atoms with E-state index in [2.05, 4.69) is 47.7 Å². The number of aryl methyl sites for hydroxylation is 1.